The number of hydrogen-bond donors (Lipinski definition) is 1. The number of benzene rings is 2. The number of piperidine rings is 1. The third kappa shape index (κ3) is 6.33. The highest BCUT2D eigenvalue weighted by Crippen LogP contribution is 2.29. The number of carbonyl (C=O) groups excluding carboxylic acids is 1. The Balaban J connectivity index is 1.20. The molecule has 1 heterocycles. The third-order valence-corrected chi connectivity index (χ3v) is 6.76. The van der Waals surface area contributed by atoms with Crippen molar-refractivity contribution in [3.8, 4) is 5.75 Å². The van der Waals surface area contributed by atoms with Crippen LogP contribution in [0, 0.1) is 5.92 Å². The van der Waals surface area contributed by atoms with E-state index in [0.717, 1.165) is 31.2 Å². The number of rotatable bonds is 9. The molecule has 31 heavy (non-hydrogen) atoms. The van der Waals surface area contributed by atoms with Crippen LogP contribution in [0.1, 0.15) is 67.4 Å². The maximum Gasteiger partial charge on any atom is 0.251 e. The van der Waals surface area contributed by atoms with Gasteiger partial charge in [0.15, 0.2) is 0 Å². The summed E-state index contributed by atoms with van der Waals surface area (Å²) in [5.41, 5.74) is 3.31. The fourth-order valence-electron chi connectivity index (χ4n) is 4.43. The summed E-state index contributed by atoms with van der Waals surface area (Å²) in [5.74, 6) is 1.55. The molecule has 2 aromatic carbocycles. The fraction of sp³-hybridized carbons (Fsp3) is 0.519. The van der Waals surface area contributed by atoms with Gasteiger partial charge in [-0.15, -0.1) is 0 Å². The van der Waals surface area contributed by atoms with Crippen molar-refractivity contribution in [2.24, 2.45) is 5.92 Å². The molecule has 0 radical (unpaired) electrons. The lowest BCUT2D eigenvalue weighted by Crippen LogP contribution is -2.42. The van der Waals surface area contributed by atoms with Gasteiger partial charge in [0.2, 0.25) is 0 Å². The van der Waals surface area contributed by atoms with Gasteiger partial charge in [0.1, 0.15) is 5.75 Å². The average Bonchev–Trinajstić information content (AvgIpc) is 3.61. The van der Waals surface area contributed by atoms with Crippen LogP contribution in [0.15, 0.2) is 48.5 Å². The molecule has 166 valence electrons. The van der Waals surface area contributed by atoms with E-state index in [0.29, 0.717) is 24.2 Å². The molecule has 0 unspecified atom stereocenters. The maximum atomic E-state index is 12.4. The van der Waals surface area contributed by atoms with Crippen LogP contribution in [0.5, 0.6) is 5.75 Å². The van der Waals surface area contributed by atoms with Crippen LogP contribution in [0.25, 0.3) is 0 Å². The van der Waals surface area contributed by atoms with Gasteiger partial charge in [-0.1, -0.05) is 30.7 Å². The van der Waals surface area contributed by atoms with Gasteiger partial charge in [-0.2, -0.15) is 0 Å². The van der Waals surface area contributed by atoms with E-state index in [-0.39, 0.29) is 5.91 Å². The first kappa shape index (κ1) is 21.9. The Kier molecular flexibility index (Phi) is 7.29. The predicted molar refractivity (Wildman–Crippen MR) is 125 cm³/mol. The fourth-order valence-corrected chi connectivity index (χ4v) is 4.43. The van der Waals surface area contributed by atoms with Crippen molar-refractivity contribution in [1.82, 2.24) is 10.2 Å². The molecule has 1 saturated heterocycles. The number of likely N-dealkylation sites (tertiary alicyclic amines) is 1. The molecule has 1 saturated carbocycles. The molecule has 4 nitrogen and oxygen atoms in total. The number of nitrogens with zero attached hydrogens (tertiary/aromatic N) is 1. The molecular weight excluding hydrogens is 384 g/mol. The van der Waals surface area contributed by atoms with Crippen LogP contribution in [0.3, 0.4) is 0 Å². The lowest BCUT2D eigenvalue weighted by Gasteiger charge is -2.39. The summed E-state index contributed by atoms with van der Waals surface area (Å²) in [4.78, 5) is 15.0. The minimum Gasteiger partial charge on any atom is -0.493 e. The molecule has 0 aromatic heterocycles. The van der Waals surface area contributed by atoms with Crippen molar-refractivity contribution >= 4 is 5.91 Å². The maximum absolute atomic E-state index is 12.4. The minimum absolute atomic E-state index is 0.0292. The normalized spacial score (nSPS) is 21.6. The van der Waals surface area contributed by atoms with Crippen LogP contribution < -0.4 is 10.1 Å². The SMILES string of the molecule is C[C@@H]1CCC[C@H](C)N1Cc1ccc(CCNC(=O)c2ccc(OCC3CC3)cc2)cc1. The van der Waals surface area contributed by atoms with Gasteiger partial charge in [-0.25, -0.2) is 0 Å². The van der Waals surface area contributed by atoms with E-state index in [2.05, 4.69) is 48.3 Å². The van der Waals surface area contributed by atoms with Gasteiger partial charge in [-0.05, 0) is 87.3 Å². The van der Waals surface area contributed by atoms with E-state index in [1.807, 2.05) is 24.3 Å². The lowest BCUT2D eigenvalue weighted by atomic mass is 9.96. The molecule has 2 fully saturated rings. The minimum atomic E-state index is -0.0292. The van der Waals surface area contributed by atoms with Gasteiger partial charge in [-0.3, -0.25) is 9.69 Å². The largest absolute Gasteiger partial charge is 0.493 e. The van der Waals surface area contributed by atoms with Crippen molar-refractivity contribution in [3.05, 3.63) is 65.2 Å². The summed E-state index contributed by atoms with van der Waals surface area (Å²) in [6.45, 7) is 7.15. The van der Waals surface area contributed by atoms with E-state index >= 15 is 0 Å². The van der Waals surface area contributed by atoms with Gasteiger partial charge in [0.05, 0.1) is 6.61 Å². The van der Waals surface area contributed by atoms with Crippen molar-refractivity contribution in [1.29, 1.82) is 0 Å². The Labute approximate surface area is 187 Å². The van der Waals surface area contributed by atoms with Crippen LogP contribution in [-0.4, -0.2) is 36.0 Å². The zero-order valence-corrected chi connectivity index (χ0v) is 19.0. The smallest absolute Gasteiger partial charge is 0.251 e. The number of carbonyl (C=O) groups is 1. The van der Waals surface area contributed by atoms with Crippen LogP contribution in [-0.2, 0) is 13.0 Å². The van der Waals surface area contributed by atoms with Crippen LogP contribution >= 0.6 is 0 Å². The van der Waals surface area contributed by atoms with Crippen molar-refractivity contribution in [3.63, 3.8) is 0 Å². The van der Waals surface area contributed by atoms with Crippen molar-refractivity contribution < 1.29 is 9.53 Å². The Hall–Kier alpha value is -2.33. The van der Waals surface area contributed by atoms with E-state index in [1.54, 1.807) is 0 Å². The molecule has 1 N–H and O–H groups in total. The van der Waals surface area contributed by atoms with E-state index in [4.69, 9.17) is 4.74 Å². The molecule has 2 aromatic rings. The van der Waals surface area contributed by atoms with Gasteiger partial charge >= 0.3 is 0 Å². The highest BCUT2D eigenvalue weighted by atomic mass is 16.5. The van der Waals surface area contributed by atoms with Crippen LogP contribution in [0.4, 0.5) is 0 Å². The van der Waals surface area contributed by atoms with E-state index < -0.39 is 0 Å². The zero-order chi connectivity index (χ0) is 21.6. The molecular formula is C27H36N2O2. The second-order valence-electron chi connectivity index (χ2n) is 9.40. The summed E-state index contributed by atoms with van der Waals surface area (Å²) in [5, 5.41) is 3.03. The second kappa shape index (κ2) is 10.3. The van der Waals surface area contributed by atoms with Crippen molar-refractivity contribution in [2.75, 3.05) is 13.2 Å². The van der Waals surface area contributed by atoms with E-state index in [1.165, 1.54) is 43.2 Å². The molecule has 4 rings (SSSR count). The Bertz CT molecular complexity index is 833. The summed E-state index contributed by atoms with van der Waals surface area (Å²) in [7, 11) is 0. The number of nitrogens with one attached hydrogen (secondary N) is 1. The first-order chi connectivity index (χ1) is 15.1. The highest BCUT2D eigenvalue weighted by molar-refractivity contribution is 5.94. The standard InChI is InChI=1S/C27H36N2O2/c1-20-4-3-5-21(2)29(20)18-23-8-6-22(7-9-23)16-17-28-27(30)25-12-14-26(15-13-25)31-19-24-10-11-24/h6-9,12-15,20-21,24H,3-5,10-11,16-19H2,1-2H3,(H,28,30)/t20-,21+. The quantitative estimate of drug-likeness (QED) is 0.605. The first-order valence-corrected chi connectivity index (χ1v) is 11.9. The topological polar surface area (TPSA) is 41.6 Å². The lowest BCUT2D eigenvalue weighted by molar-refractivity contribution is 0.0952. The second-order valence-corrected chi connectivity index (χ2v) is 9.40. The predicted octanol–water partition coefficient (Wildman–Crippen LogP) is 5.21. The zero-order valence-electron chi connectivity index (χ0n) is 19.0. The summed E-state index contributed by atoms with van der Waals surface area (Å²) < 4.78 is 5.74. The Morgan fingerprint density at radius 1 is 0.935 bits per heavy atom. The summed E-state index contributed by atoms with van der Waals surface area (Å²) in [6, 6.07) is 17.7. The third-order valence-electron chi connectivity index (χ3n) is 6.76. The molecule has 0 bridgehead atoms. The van der Waals surface area contributed by atoms with Gasteiger partial charge in [0.25, 0.3) is 5.91 Å². The van der Waals surface area contributed by atoms with Crippen molar-refractivity contribution in [2.45, 2.75) is 71.0 Å². The molecule has 1 amide bonds. The summed E-state index contributed by atoms with van der Waals surface area (Å²) in [6.07, 6.45) is 7.35. The molecule has 0 spiro atoms. The number of hydrogen-bond acceptors (Lipinski definition) is 3. The monoisotopic (exact) mass is 420 g/mol. The first-order valence-electron chi connectivity index (χ1n) is 11.9. The molecule has 2 aliphatic rings. The molecule has 2 atom stereocenters. The molecule has 1 aliphatic carbocycles. The average molecular weight is 421 g/mol. The Morgan fingerprint density at radius 3 is 2.23 bits per heavy atom. The number of ether oxygens (including phenoxy) is 1. The summed E-state index contributed by atoms with van der Waals surface area (Å²) >= 11 is 0. The van der Waals surface area contributed by atoms with E-state index in [9.17, 15) is 4.79 Å². The number of amides is 1. The van der Waals surface area contributed by atoms with Gasteiger partial charge < -0.3 is 10.1 Å². The Morgan fingerprint density at radius 2 is 1.58 bits per heavy atom. The van der Waals surface area contributed by atoms with Gasteiger partial charge in [0, 0.05) is 30.7 Å². The molecule has 4 heteroatoms. The molecule has 1 aliphatic heterocycles. The van der Waals surface area contributed by atoms with Crippen LogP contribution in [0.2, 0.25) is 0 Å². The highest BCUT2D eigenvalue weighted by Gasteiger charge is 2.24.